The monoisotopic (exact) mass is 399 g/mol. The molecule has 0 aliphatic carbocycles. The third-order valence-corrected chi connectivity index (χ3v) is 6.04. The van der Waals surface area contributed by atoms with E-state index < -0.39 is 34.3 Å². The number of carbonyl (C=O) groups is 1. The highest BCUT2D eigenvalue weighted by Gasteiger charge is 2.51. The van der Waals surface area contributed by atoms with Gasteiger partial charge in [0, 0.05) is 10.1 Å². The zero-order valence-electron chi connectivity index (χ0n) is 16.2. The first kappa shape index (κ1) is 21.3. The van der Waals surface area contributed by atoms with Crippen molar-refractivity contribution in [1.29, 1.82) is 0 Å². The Morgan fingerprint density at radius 1 is 1.15 bits per heavy atom. The Bertz CT molecular complexity index is 789. The standard InChI is InChI=1S/C17H26BNO5S2/c1-11(2)25-14-10-12(18-23-16(3,4)17(5,6)24-18)8-9-13(14)15(20)19-26(7,21)22/h8-11H,1-7H3,(H,19,20). The van der Waals surface area contributed by atoms with Crippen LogP contribution in [0.2, 0.25) is 0 Å². The van der Waals surface area contributed by atoms with Crippen LogP contribution in [-0.2, 0) is 19.3 Å². The molecule has 1 amide bonds. The van der Waals surface area contributed by atoms with Crippen molar-refractivity contribution < 1.29 is 22.5 Å². The molecule has 144 valence electrons. The van der Waals surface area contributed by atoms with E-state index in [0.717, 1.165) is 11.7 Å². The molecule has 1 N–H and O–H groups in total. The van der Waals surface area contributed by atoms with Gasteiger partial charge in [-0.1, -0.05) is 19.9 Å². The topological polar surface area (TPSA) is 81.7 Å². The molecular weight excluding hydrogens is 373 g/mol. The highest BCUT2D eigenvalue weighted by Crippen LogP contribution is 2.37. The van der Waals surface area contributed by atoms with Crippen molar-refractivity contribution in [2.45, 2.75) is 62.9 Å². The number of sulfonamides is 1. The van der Waals surface area contributed by atoms with Crippen LogP contribution in [0.5, 0.6) is 0 Å². The number of hydrogen-bond donors (Lipinski definition) is 1. The lowest BCUT2D eigenvalue weighted by Gasteiger charge is -2.32. The SMILES string of the molecule is CC(C)Sc1cc(B2OC(C)(C)C(C)(C)O2)ccc1C(=O)NS(C)(=O)=O. The van der Waals surface area contributed by atoms with E-state index in [-0.39, 0.29) is 5.25 Å². The molecule has 26 heavy (non-hydrogen) atoms. The largest absolute Gasteiger partial charge is 0.494 e. The molecule has 1 saturated heterocycles. The van der Waals surface area contributed by atoms with Crippen molar-refractivity contribution in [1.82, 2.24) is 4.72 Å². The lowest BCUT2D eigenvalue weighted by molar-refractivity contribution is 0.00578. The predicted molar refractivity (Wildman–Crippen MR) is 105 cm³/mol. The summed E-state index contributed by atoms with van der Waals surface area (Å²) in [5.74, 6) is -0.642. The van der Waals surface area contributed by atoms with Crippen molar-refractivity contribution in [3.63, 3.8) is 0 Å². The van der Waals surface area contributed by atoms with Crippen LogP contribution in [0.1, 0.15) is 51.9 Å². The number of hydrogen-bond acceptors (Lipinski definition) is 6. The van der Waals surface area contributed by atoms with Gasteiger partial charge < -0.3 is 9.31 Å². The molecule has 1 aliphatic heterocycles. The summed E-state index contributed by atoms with van der Waals surface area (Å²) in [4.78, 5) is 13.0. The molecule has 9 heteroatoms. The van der Waals surface area contributed by atoms with Crippen LogP contribution in [0, 0.1) is 0 Å². The summed E-state index contributed by atoms with van der Waals surface area (Å²) in [6, 6.07) is 5.19. The van der Waals surface area contributed by atoms with Crippen LogP contribution >= 0.6 is 11.8 Å². The highest BCUT2D eigenvalue weighted by molar-refractivity contribution is 8.00. The first-order valence-corrected chi connectivity index (χ1v) is 11.2. The second-order valence-electron chi connectivity index (χ2n) is 7.71. The number of rotatable bonds is 5. The second-order valence-corrected chi connectivity index (χ2v) is 11.1. The minimum atomic E-state index is -3.63. The molecule has 0 atom stereocenters. The van der Waals surface area contributed by atoms with Gasteiger partial charge in [0.05, 0.1) is 23.0 Å². The molecule has 1 fully saturated rings. The van der Waals surface area contributed by atoms with E-state index in [1.54, 1.807) is 12.1 Å². The van der Waals surface area contributed by atoms with E-state index in [0.29, 0.717) is 10.5 Å². The normalized spacial score (nSPS) is 19.0. The summed E-state index contributed by atoms with van der Waals surface area (Å²) in [5, 5.41) is 0.216. The summed E-state index contributed by atoms with van der Waals surface area (Å²) in [6.07, 6.45) is 0.957. The van der Waals surface area contributed by atoms with Gasteiger partial charge in [0.2, 0.25) is 10.0 Å². The van der Waals surface area contributed by atoms with Gasteiger partial charge in [0.25, 0.3) is 5.91 Å². The molecule has 1 aromatic rings. The molecule has 1 aromatic carbocycles. The highest BCUT2D eigenvalue weighted by atomic mass is 32.2. The van der Waals surface area contributed by atoms with Crippen molar-refractivity contribution >= 4 is 40.3 Å². The number of carbonyl (C=O) groups excluding carboxylic acids is 1. The number of thioether (sulfide) groups is 1. The average molecular weight is 399 g/mol. The summed E-state index contributed by atoms with van der Waals surface area (Å²) in [7, 11) is -4.17. The maximum absolute atomic E-state index is 12.3. The Hall–Kier alpha value is -1.03. The summed E-state index contributed by atoms with van der Waals surface area (Å²) < 4.78 is 36.9. The lowest BCUT2D eigenvalue weighted by atomic mass is 9.79. The van der Waals surface area contributed by atoms with E-state index in [9.17, 15) is 13.2 Å². The molecule has 6 nitrogen and oxygen atoms in total. The van der Waals surface area contributed by atoms with Gasteiger partial charge in [0.1, 0.15) is 0 Å². The average Bonchev–Trinajstić information content (AvgIpc) is 2.64. The lowest BCUT2D eigenvalue weighted by Crippen LogP contribution is -2.41. The van der Waals surface area contributed by atoms with Gasteiger partial charge in [0.15, 0.2) is 0 Å². The molecule has 1 aliphatic rings. The van der Waals surface area contributed by atoms with Gasteiger partial charge in [-0.05, 0) is 45.3 Å². The molecule has 0 aromatic heterocycles. The fourth-order valence-electron chi connectivity index (χ4n) is 2.43. The van der Waals surface area contributed by atoms with Crippen LogP contribution in [-0.4, -0.2) is 44.2 Å². The molecule has 2 rings (SSSR count). The molecule has 1 heterocycles. The Morgan fingerprint density at radius 2 is 1.69 bits per heavy atom. The van der Waals surface area contributed by atoms with E-state index in [1.165, 1.54) is 11.8 Å². The van der Waals surface area contributed by atoms with Crippen molar-refractivity contribution in [3.8, 4) is 0 Å². The van der Waals surface area contributed by atoms with Gasteiger partial charge in [-0.25, -0.2) is 13.1 Å². The Labute approximate surface area is 160 Å². The minimum absolute atomic E-state index is 0.216. The van der Waals surface area contributed by atoms with Crippen LogP contribution < -0.4 is 10.2 Å². The fourth-order valence-corrected chi connectivity index (χ4v) is 3.87. The molecule has 0 radical (unpaired) electrons. The Balaban J connectivity index is 2.39. The summed E-state index contributed by atoms with van der Waals surface area (Å²) >= 11 is 1.49. The smallest absolute Gasteiger partial charge is 0.399 e. The predicted octanol–water partition coefficient (Wildman–Crippen LogP) is 2.18. The summed E-state index contributed by atoms with van der Waals surface area (Å²) in [6.45, 7) is 11.9. The van der Waals surface area contributed by atoms with Gasteiger partial charge in [-0.3, -0.25) is 4.79 Å². The maximum Gasteiger partial charge on any atom is 0.494 e. The van der Waals surface area contributed by atoms with Gasteiger partial charge in [-0.15, -0.1) is 11.8 Å². The molecule has 0 spiro atoms. The zero-order valence-corrected chi connectivity index (χ0v) is 17.9. The van der Waals surface area contributed by atoms with Gasteiger partial charge in [-0.2, -0.15) is 0 Å². The number of benzene rings is 1. The van der Waals surface area contributed by atoms with E-state index in [2.05, 4.69) is 0 Å². The molecule has 0 unspecified atom stereocenters. The van der Waals surface area contributed by atoms with Crippen LogP contribution in [0.3, 0.4) is 0 Å². The zero-order chi connectivity index (χ0) is 19.9. The number of amides is 1. The van der Waals surface area contributed by atoms with Crippen LogP contribution in [0.15, 0.2) is 23.1 Å². The van der Waals surface area contributed by atoms with Gasteiger partial charge >= 0.3 is 7.12 Å². The molecule has 0 bridgehead atoms. The minimum Gasteiger partial charge on any atom is -0.399 e. The summed E-state index contributed by atoms with van der Waals surface area (Å²) in [5.41, 5.74) is 0.183. The first-order valence-electron chi connectivity index (χ1n) is 8.40. The van der Waals surface area contributed by atoms with Crippen molar-refractivity contribution in [2.75, 3.05) is 6.26 Å². The molecule has 0 saturated carbocycles. The molecular formula is C17H26BNO5S2. The van der Waals surface area contributed by atoms with E-state index >= 15 is 0 Å². The number of nitrogens with one attached hydrogen (secondary N) is 1. The third kappa shape index (κ3) is 4.82. The van der Waals surface area contributed by atoms with Crippen LogP contribution in [0.25, 0.3) is 0 Å². The fraction of sp³-hybridized carbons (Fsp3) is 0.588. The third-order valence-electron chi connectivity index (χ3n) is 4.42. The van der Waals surface area contributed by atoms with Crippen molar-refractivity contribution in [3.05, 3.63) is 23.8 Å². The van der Waals surface area contributed by atoms with E-state index in [4.69, 9.17) is 9.31 Å². The maximum atomic E-state index is 12.3. The first-order chi connectivity index (χ1) is 11.7. The Morgan fingerprint density at radius 3 is 2.15 bits per heavy atom. The Kier molecular flexibility index (Phi) is 5.88. The van der Waals surface area contributed by atoms with Crippen molar-refractivity contribution in [2.24, 2.45) is 0 Å². The van der Waals surface area contributed by atoms with Crippen LogP contribution in [0.4, 0.5) is 0 Å². The van der Waals surface area contributed by atoms with E-state index in [1.807, 2.05) is 52.3 Å². The quantitative estimate of drug-likeness (QED) is 0.604. The second kappa shape index (κ2) is 7.18.